The lowest BCUT2D eigenvalue weighted by atomic mass is 10.2. The average Bonchev–Trinajstić information content (AvgIpc) is 2.98. The minimum atomic E-state index is 0.326. The van der Waals surface area contributed by atoms with E-state index in [1.165, 1.54) is 5.56 Å². The van der Waals surface area contributed by atoms with Crippen LogP contribution in [0.3, 0.4) is 0 Å². The molecule has 1 atom stereocenters. The number of aromatic nitrogens is 4. The summed E-state index contributed by atoms with van der Waals surface area (Å²) in [6.07, 6.45) is 5.98. The number of nitrogens with one attached hydrogen (secondary N) is 1. The van der Waals surface area contributed by atoms with Crippen LogP contribution >= 0.6 is 0 Å². The Morgan fingerprint density at radius 2 is 2.11 bits per heavy atom. The van der Waals surface area contributed by atoms with Gasteiger partial charge in [-0.1, -0.05) is 0 Å². The zero-order chi connectivity index (χ0) is 13.1. The number of hydrogen-bond acceptors (Lipinski definition) is 3. The standard InChI is InChI=1S/C13H21N5/c1-10(2)18-6-5-13(16-18)9-17-8-12(7-15-17)11(3)14-4/h5-8,10-11,14H,9H2,1-4H3. The predicted molar refractivity (Wildman–Crippen MR) is 71.4 cm³/mol. The summed E-state index contributed by atoms with van der Waals surface area (Å²) in [5.41, 5.74) is 2.23. The van der Waals surface area contributed by atoms with Gasteiger partial charge in [0.25, 0.3) is 0 Å². The minimum absolute atomic E-state index is 0.326. The lowest BCUT2D eigenvalue weighted by Gasteiger charge is -2.05. The van der Waals surface area contributed by atoms with Crippen LogP contribution < -0.4 is 5.32 Å². The fraction of sp³-hybridized carbons (Fsp3) is 0.538. The third-order valence-electron chi connectivity index (χ3n) is 3.10. The summed E-state index contributed by atoms with van der Waals surface area (Å²) in [7, 11) is 1.95. The van der Waals surface area contributed by atoms with Crippen LogP contribution in [0.25, 0.3) is 0 Å². The first-order chi connectivity index (χ1) is 8.60. The SMILES string of the molecule is CNC(C)c1cnn(Cc2ccn(C(C)C)n2)c1. The van der Waals surface area contributed by atoms with E-state index in [1.54, 1.807) is 0 Å². The molecule has 18 heavy (non-hydrogen) atoms. The third kappa shape index (κ3) is 2.79. The van der Waals surface area contributed by atoms with Gasteiger partial charge in [-0.15, -0.1) is 0 Å². The van der Waals surface area contributed by atoms with Gasteiger partial charge in [-0.25, -0.2) is 0 Å². The Balaban J connectivity index is 2.06. The summed E-state index contributed by atoms with van der Waals surface area (Å²) >= 11 is 0. The molecule has 2 aromatic heterocycles. The van der Waals surface area contributed by atoms with E-state index in [9.17, 15) is 0 Å². The maximum absolute atomic E-state index is 4.52. The lowest BCUT2D eigenvalue weighted by molar-refractivity contribution is 0.520. The van der Waals surface area contributed by atoms with Crippen LogP contribution in [-0.4, -0.2) is 26.6 Å². The molecule has 2 heterocycles. The van der Waals surface area contributed by atoms with Gasteiger partial charge in [0.05, 0.1) is 18.4 Å². The summed E-state index contributed by atoms with van der Waals surface area (Å²) in [4.78, 5) is 0. The zero-order valence-corrected chi connectivity index (χ0v) is 11.5. The molecule has 5 heteroatoms. The average molecular weight is 247 g/mol. The van der Waals surface area contributed by atoms with Gasteiger partial charge in [-0.3, -0.25) is 9.36 Å². The molecule has 0 aliphatic heterocycles. The van der Waals surface area contributed by atoms with Crippen LogP contribution in [0.4, 0.5) is 0 Å². The smallest absolute Gasteiger partial charge is 0.0849 e. The molecule has 0 saturated carbocycles. The van der Waals surface area contributed by atoms with Crippen LogP contribution in [0.5, 0.6) is 0 Å². The molecule has 0 radical (unpaired) electrons. The molecule has 98 valence electrons. The summed E-state index contributed by atoms with van der Waals surface area (Å²) in [6.45, 7) is 7.08. The topological polar surface area (TPSA) is 47.7 Å². The Morgan fingerprint density at radius 1 is 1.33 bits per heavy atom. The summed E-state index contributed by atoms with van der Waals surface area (Å²) in [6, 6.07) is 2.77. The maximum atomic E-state index is 4.52. The van der Waals surface area contributed by atoms with E-state index in [0.29, 0.717) is 12.1 Å². The van der Waals surface area contributed by atoms with Crippen molar-refractivity contribution in [1.29, 1.82) is 0 Å². The molecule has 0 spiro atoms. The molecule has 0 aliphatic carbocycles. The second-order valence-corrected chi connectivity index (χ2v) is 4.86. The van der Waals surface area contributed by atoms with E-state index < -0.39 is 0 Å². The summed E-state index contributed by atoms with van der Waals surface area (Å²) in [5.74, 6) is 0. The highest BCUT2D eigenvalue weighted by Crippen LogP contribution is 2.11. The van der Waals surface area contributed by atoms with Gasteiger partial charge in [0.1, 0.15) is 0 Å². The molecule has 2 rings (SSSR count). The van der Waals surface area contributed by atoms with Gasteiger partial charge in [0, 0.05) is 30.0 Å². The number of rotatable bonds is 5. The molecule has 0 amide bonds. The second kappa shape index (κ2) is 5.35. The van der Waals surface area contributed by atoms with Gasteiger partial charge in [0.2, 0.25) is 0 Å². The first-order valence-corrected chi connectivity index (χ1v) is 6.33. The van der Waals surface area contributed by atoms with Crippen molar-refractivity contribution in [2.75, 3.05) is 7.05 Å². The van der Waals surface area contributed by atoms with Crippen LogP contribution in [0.15, 0.2) is 24.7 Å². The van der Waals surface area contributed by atoms with Crippen LogP contribution in [0.2, 0.25) is 0 Å². The molecule has 0 bridgehead atoms. The highest BCUT2D eigenvalue weighted by atomic mass is 15.3. The van der Waals surface area contributed by atoms with Crippen molar-refractivity contribution < 1.29 is 0 Å². The Morgan fingerprint density at radius 3 is 2.72 bits per heavy atom. The molecular weight excluding hydrogens is 226 g/mol. The lowest BCUT2D eigenvalue weighted by Crippen LogP contribution is -2.11. The predicted octanol–water partition coefficient (Wildman–Crippen LogP) is 1.99. The Hall–Kier alpha value is -1.62. The van der Waals surface area contributed by atoms with E-state index in [1.807, 2.05) is 34.9 Å². The fourth-order valence-electron chi connectivity index (χ4n) is 1.77. The summed E-state index contributed by atoms with van der Waals surface area (Å²) < 4.78 is 3.89. The van der Waals surface area contributed by atoms with Crippen molar-refractivity contribution in [2.24, 2.45) is 0 Å². The summed E-state index contributed by atoms with van der Waals surface area (Å²) in [5, 5.41) is 12.1. The van der Waals surface area contributed by atoms with E-state index in [0.717, 1.165) is 12.2 Å². The van der Waals surface area contributed by atoms with Crippen molar-refractivity contribution in [2.45, 2.75) is 39.4 Å². The normalized spacial score (nSPS) is 13.2. The van der Waals surface area contributed by atoms with Gasteiger partial charge in [-0.05, 0) is 33.9 Å². The molecule has 1 unspecified atom stereocenters. The molecule has 0 aromatic carbocycles. The van der Waals surface area contributed by atoms with Crippen LogP contribution in [0.1, 0.15) is 44.1 Å². The largest absolute Gasteiger partial charge is 0.313 e. The second-order valence-electron chi connectivity index (χ2n) is 4.86. The van der Waals surface area contributed by atoms with Gasteiger partial charge in [0.15, 0.2) is 0 Å². The number of hydrogen-bond donors (Lipinski definition) is 1. The molecule has 0 aliphatic rings. The van der Waals surface area contributed by atoms with Crippen LogP contribution in [0, 0.1) is 0 Å². The van der Waals surface area contributed by atoms with Gasteiger partial charge in [-0.2, -0.15) is 10.2 Å². The monoisotopic (exact) mass is 247 g/mol. The Labute approximate surface area is 108 Å². The van der Waals surface area contributed by atoms with Gasteiger partial charge < -0.3 is 5.32 Å². The van der Waals surface area contributed by atoms with Crippen molar-refractivity contribution >= 4 is 0 Å². The van der Waals surface area contributed by atoms with Crippen LogP contribution in [-0.2, 0) is 6.54 Å². The first-order valence-electron chi connectivity index (χ1n) is 6.33. The highest BCUT2D eigenvalue weighted by Gasteiger charge is 2.07. The number of nitrogens with zero attached hydrogens (tertiary/aromatic N) is 4. The maximum Gasteiger partial charge on any atom is 0.0849 e. The fourth-order valence-corrected chi connectivity index (χ4v) is 1.77. The minimum Gasteiger partial charge on any atom is -0.313 e. The Kier molecular flexibility index (Phi) is 3.81. The molecule has 0 saturated heterocycles. The Bertz CT molecular complexity index is 497. The molecule has 1 N–H and O–H groups in total. The molecule has 5 nitrogen and oxygen atoms in total. The van der Waals surface area contributed by atoms with E-state index in [2.05, 4.69) is 42.5 Å². The first kappa shape index (κ1) is 12.8. The molecule has 0 fully saturated rings. The van der Waals surface area contributed by atoms with Gasteiger partial charge >= 0.3 is 0 Å². The third-order valence-corrected chi connectivity index (χ3v) is 3.10. The van der Waals surface area contributed by atoms with Crippen molar-refractivity contribution in [3.05, 3.63) is 35.9 Å². The zero-order valence-electron chi connectivity index (χ0n) is 11.5. The molecule has 2 aromatic rings. The van der Waals surface area contributed by atoms with E-state index in [4.69, 9.17) is 0 Å². The molecular formula is C13H21N5. The highest BCUT2D eigenvalue weighted by molar-refractivity contribution is 5.10. The van der Waals surface area contributed by atoms with Crippen molar-refractivity contribution in [3.8, 4) is 0 Å². The van der Waals surface area contributed by atoms with Crippen molar-refractivity contribution in [1.82, 2.24) is 24.9 Å². The quantitative estimate of drug-likeness (QED) is 0.879. The van der Waals surface area contributed by atoms with Crippen molar-refractivity contribution in [3.63, 3.8) is 0 Å². The van der Waals surface area contributed by atoms with E-state index in [-0.39, 0.29) is 0 Å². The van der Waals surface area contributed by atoms with E-state index >= 15 is 0 Å².